The molecule has 0 radical (unpaired) electrons. The normalized spacial score (nSPS) is 28.2. The van der Waals surface area contributed by atoms with Crippen LogP contribution in [0.3, 0.4) is 0 Å². The van der Waals surface area contributed by atoms with Crippen molar-refractivity contribution in [2.24, 2.45) is 11.3 Å². The van der Waals surface area contributed by atoms with Gasteiger partial charge in [0.1, 0.15) is 6.17 Å². The van der Waals surface area contributed by atoms with Crippen LogP contribution in [-0.4, -0.2) is 23.4 Å². The van der Waals surface area contributed by atoms with E-state index in [4.69, 9.17) is 0 Å². The highest BCUT2D eigenvalue weighted by molar-refractivity contribution is 5.84. The number of benzene rings is 1. The zero-order valence-corrected chi connectivity index (χ0v) is 12.6. The zero-order valence-electron chi connectivity index (χ0n) is 12.6. The minimum Gasteiger partial charge on any atom is -0.321 e. The maximum Gasteiger partial charge on any atom is 0.241 e. The highest BCUT2D eigenvalue weighted by atomic mass is 16.2. The second-order valence-electron chi connectivity index (χ2n) is 6.68. The van der Waals surface area contributed by atoms with Gasteiger partial charge in [0.05, 0.1) is 6.04 Å². The van der Waals surface area contributed by atoms with Gasteiger partial charge >= 0.3 is 0 Å². The number of nitrogens with zero attached hydrogens (tertiary/aromatic N) is 1. The average molecular weight is 272 g/mol. The Bertz CT molecular complexity index is 493. The summed E-state index contributed by atoms with van der Waals surface area (Å²) < 4.78 is 0. The van der Waals surface area contributed by atoms with Crippen LogP contribution in [0.2, 0.25) is 0 Å². The summed E-state index contributed by atoms with van der Waals surface area (Å²) in [5.74, 6) is 0.883. The van der Waals surface area contributed by atoms with E-state index in [0.717, 1.165) is 6.54 Å². The van der Waals surface area contributed by atoms with Crippen molar-refractivity contribution in [2.45, 2.75) is 45.8 Å². The number of hydrogen-bond donors (Lipinski definition) is 1. The van der Waals surface area contributed by atoms with Crippen LogP contribution in [0.4, 0.5) is 0 Å². The number of rotatable bonds is 4. The van der Waals surface area contributed by atoms with E-state index in [0.29, 0.717) is 11.3 Å². The van der Waals surface area contributed by atoms with Gasteiger partial charge in [-0.2, -0.15) is 0 Å². The molecule has 2 fully saturated rings. The molecule has 0 spiro atoms. The fraction of sp³-hybridized carbons (Fsp3) is 0.588. The van der Waals surface area contributed by atoms with Gasteiger partial charge in [-0.1, -0.05) is 44.2 Å². The lowest BCUT2D eigenvalue weighted by Gasteiger charge is -2.31. The molecule has 0 aromatic heterocycles. The van der Waals surface area contributed by atoms with Gasteiger partial charge in [0.15, 0.2) is 0 Å². The van der Waals surface area contributed by atoms with Gasteiger partial charge in [-0.25, -0.2) is 0 Å². The maximum absolute atomic E-state index is 12.5. The summed E-state index contributed by atoms with van der Waals surface area (Å²) in [5.41, 5.74) is 1.54. The van der Waals surface area contributed by atoms with Gasteiger partial charge in [-0.15, -0.1) is 0 Å². The summed E-state index contributed by atoms with van der Waals surface area (Å²) in [6.45, 7) is 7.41. The molecule has 1 heterocycles. The number of carbonyl (C=O) groups excluding carboxylic acids is 1. The van der Waals surface area contributed by atoms with Crippen molar-refractivity contribution < 1.29 is 4.79 Å². The maximum atomic E-state index is 12.5. The topological polar surface area (TPSA) is 32.3 Å². The highest BCUT2D eigenvalue weighted by Crippen LogP contribution is 2.53. The molecular formula is C17H24N2O. The van der Waals surface area contributed by atoms with Crippen LogP contribution in [0.5, 0.6) is 0 Å². The Morgan fingerprint density at radius 1 is 1.30 bits per heavy atom. The van der Waals surface area contributed by atoms with Gasteiger partial charge in [0, 0.05) is 6.54 Å². The van der Waals surface area contributed by atoms with Gasteiger partial charge in [0.2, 0.25) is 5.91 Å². The second kappa shape index (κ2) is 4.88. The lowest BCUT2D eigenvalue weighted by molar-refractivity contribution is -0.130. The lowest BCUT2D eigenvalue weighted by Crippen LogP contribution is -2.37. The predicted octanol–water partition coefficient (Wildman–Crippen LogP) is 2.94. The minimum absolute atomic E-state index is 0.0370. The molecule has 3 nitrogen and oxygen atoms in total. The molecule has 2 atom stereocenters. The first-order chi connectivity index (χ1) is 9.53. The monoisotopic (exact) mass is 272 g/mol. The summed E-state index contributed by atoms with van der Waals surface area (Å²) in [7, 11) is 0. The predicted molar refractivity (Wildman–Crippen MR) is 80.0 cm³/mol. The number of hydrogen-bond acceptors (Lipinski definition) is 2. The molecule has 1 aromatic carbocycles. The van der Waals surface area contributed by atoms with E-state index in [1.54, 1.807) is 0 Å². The van der Waals surface area contributed by atoms with E-state index >= 15 is 0 Å². The SMILES string of the molecule is CC1NC(c2ccccc2)N(CC2(C(C)C)CC2)C1=O. The summed E-state index contributed by atoms with van der Waals surface area (Å²) in [4.78, 5) is 14.5. The largest absolute Gasteiger partial charge is 0.321 e. The first-order valence-corrected chi connectivity index (χ1v) is 7.65. The molecule has 1 aromatic rings. The van der Waals surface area contributed by atoms with E-state index in [1.807, 2.05) is 25.1 Å². The van der Waals surface area contributed by atoms with Crippen molar-refractivity contribution in [2.75, 3.05) is 6.54 Å². The summed E-state index contributed by atoms with van der Waals surface area (Å²) in [6.07, 6.45) is 2.55. The highest BCUT2D eigenvalue weighted by Gasteiger charge is 2.50. The molecule has 0 bridgehead atoms. The third-order valence-corrected chi connectivity index (χ3v) is 5.09. The second-order valence-corrected chi connectivity index (χ2v) is 6.68. The van der Waals surface area contributed by atoms with Gasteiger partial charge in [-0.3, -0.25) is 10.1 Å². The fourth-order valence-electron chi connectivity index (χ4n) is 3.27. The van der Waals surface area contributed by atoms with E-state index in [2.05, 4.69) is 36.2 Å². The molecule has 20 heavy (non-hydrogen) atoms. The van der Waals surface area contributed by atoms with Crippen LogP contribution in [0.1, 0.15) is 45.3 Å². The van der Waals surface area contributed by atoms with Crippen molar-refractivity contribution in [3.8, 4) is 0 Å². The average Bonchev–Trinajstić information content (AvgIpc) is 3.18. The molecule has 1 saturated carbocycles. The van der Waals surface area contributed by atoms with Crippen LogP contribution in [0, 0.1) is 11.3 Å². The lowest BCUT2D eigenvalue weighted by atomic mass is 9.91. The van der Waals surface area contributed by atoms with Crippen molar-refractivity contribution in [3.05, 3.63) is 35.9 Å². The van der Waals surface area contributed by atoms with Gasteiger partial charge < -0.3 is 4.90 Å². The smallest absolute Gasteiger partial charge is 0.241 e. The molecule has 2 unspecified atom stereocenters. The Balaban J connectivity index is 1.84. The van der Waals surface area contributed by atoms with Crippen molar-refractivity contribution in [3.63, 3.8) is 0 Å². The first-order valence-electron chi connectivity index (χ1n) is 7.65. The Morgan fingerprint density at radius 3 is 2.50 bits per heavy atom. The van der Waals surface area contributed by atoms with Crippen LogP contribution in [0.15, 0.2) is 30.3 Å². The fourth-order valence-corrected chi connectivity index (χ4v) is 3.27. The molecule has 1 amide bonds. The summed E-state index contributed by atoms with van der Waals surface area (Å²) in [5, 5.41) is 3.44. The van der Waals surface area contributed by atoms with Crippen molar-refractivity contribution in [1.29, 1.82) is 0 Å². The molecule has 1 saturated heterocycles. The molecule has 1 aliphatic heterocycles. The first kappa shape index (κ1) is 13.6. The number of nitrogens with one attached hydrogen (secondary N) is 1. The Labute approximate surface area is 121 Å². The third kappa shape index (κ3) is 2.24. The van der Waals surface area contributed by atoms with Crippen LogP contribution < -0.4 is 5.32 Å². The number of amides is 1. The molecule has 108 valence electrons. The van der Waals surface area contributed by atoms with E-state index in [9.17, 15) is 4.79 Å². The van der Waals surface area contributed by atoms with Crippen LogP contribution in [0.25, 0.3) is 0 Å². The molecule has 3 heteroatoms. The number of carbonyl (C=O) groups is 1. The Kier molecular flexibility index (Phi) is 3.33. The Hall–Kier alpha value is -1.35. The zero-order chi connectivity index (χ0) is 14.3. The van der Waals surface area contributed by atoms with E-state index in [1.165, 1.54) is 18.4 Å². The molecule has 1 aliphatic carbocycles. The minimum atomic E-state index is -0.0804. The molecular weight excluding hydrogens is 248 g/mol. The van der Waals surface area contributed by atoms with E-state index in [-0.39, 0.29) is 18.1 Å². The van der Waals surface area contributed by atoms with Gasteiger partial charge in [-0.05, 0) is 36.7 Å². The van der Waals surface area contributed by atoms with Crippen LogP contribution in [-0.2, 0) is 4.79 Å². The van der Waals surface area contributed by atoms with Crippen molar-refractivity contribution in [1.82, 2.24) is 10.2 Å². The van der Waals surface area contributed by atoms with E-state index < -0.39 is 0 Å². The summed E-state index contributed by atoms with van der Waals surface area (Å²) in [6, 6.07) is 10.2. The molecule has 2 aliphatic rings. The third-order valence-electron chi connectivity index (χ3n) is 5.09. The Morgan fingerprint density at radius 2 is 1.95 bits per heavy atom. The molecule has 1 N–H and O–H groups in total. The summed E-state index contributed by atoms with van der Waals surface area (Å²) >= 11 is 0. The standard InChI is InChI=1S/C17H24N2O/c1-12(2)17(9-10-17)11-19-15(18-13(3)16(19)20)14-7-5-4-6-8-14/h4-8,12-13,15,18H,9-11H2,1-3H3. The molecule has 3 rings (SSSR count). The quantitative estimate of drug-likeness (QED) is 0.914. The van der Waals surface area contributed by atoms with Crippen LogP contribution >= 0.6 is 0 Å². The van der Waals surface area contributed by atoms with Gasteiger partial charge in [0.25, 0.3) is 0 Å². The van der Waals surface area contributed by atoms with Crippen molar-refractivity contribution >= 4 is 5.91 Å².